The van der Waals surface area contributed by atoms with Gasteiger partial charge in [-0.1, -0.05) is 30.3 Å². The summed E-state index contributed by atoms with van der Waals surface area (Å²) in [5, 5.41) is 15.8. The van der Waals surface area contributed by atoms with Gasteiger partial charge < -0.3 is 15.2 Å². The second kappa shape index (κ2) is 8.16. The van der Waals surface area contributed by atoms with Gasteiger partial charge in [-0.2, -0.15) is 11.3 Å². The molecule has 1 unspecified atom stereocenters. The molecule has 0 spiro atoms. The van der Waals surface area contributed by atoms with E-state index < -0.39 is 23.7 Å². The number of benzene rings is 1. The number of nitrogens with one attached hydrogen (secondary N) is 1. The van der Waals surface area contributed by atoms with Gasteiger partial charge in [-0.25, -0.2) is 9.59 Å². The Balaban J connectivity index is 2.06. The zero-order chi connectivity index (χ0) is 18.4. The van der Waals surface area contributed by atoms with Crippen molar-refractivity contribution in [2.24, 2.45) is 0 Å². The van der Waals surface area contributed by atoms with Crippen LogP contribution < -0.4 is 5.32 Å². The van der Waals surface area contributed by atoms with Crippen LogP contribution in [0.5, 0.6) is 0 Å². The highest BCUT2D eigenvalue weighted by Gasteiger charge is 2.25. The molecule has 134 valence electrons. The summed E-state index contributed by atoms with van der Waals surface area (Å²) in [5.74, 6) is -1.08. The van der Waals surface area contributed by atoms with Crippen molar-refractivity contribution in [2.75, 3.05) is 0 Å². The topological polar surface area (TPSA) is 75.6 Å². The lowest BCUT2D eigenvalue weighted by atomic mass is 9.99. The highest BCUT2D eigenvalue weighted by atomic mass is 32.1. The smallest absolute Gasteiger partial charge is 0.408 e. The molecule has 0 bridgehead atoms. The number of hydrogen-bond donors (Lipinski definition) is 2. The van der Waals surface area contributed by atoms with E-state index in [9.17, 15) is 14.7 Å². The largest absolute Gasteiger partial charge is 0.480 e. The molecule has 0 radical (unpaired) electrons. The van der Waals surface area contributed by atoms with E-state index in [1.807, 2.05) is 41.1 Å². The molecule has 0 aliphatic rings. The van der Waals surface area contributed by atoms with Crippen LogP contribution in [0.15, 0.2) is 41.1 Å². The molecule has 1 aromatic heterocycles. The van der Waals surface area contributed by atoms with Crippen molar-refractivity contribution < 1.29 is 19.4 Å². The van der Waals surface area contributed by atoms with Gasteiger partial charge in [0.25, 0.3) is 0 Å². The van der Waals surface area contributed by atoms with Crippen LogP contribution in [0.3, 0.4) is 0 Å². The number of ether oxygens (including phenoxy) is 1. The van der Waals surface area contributed by atoms with Crippen LogP contribution >= 0.6 is 11.3 Å². The van der Waals surface area contributed by atoms with Gasteiger partial charge in [0.1, 0.15) is 11.6 Å². The number of carboxylic acid groups (broad SMARTS) is 1. The van der Waals surface area contributed by atoms with Crippen molar-refractivity contribution in [2.45, 2.75) is 45.3 Å². The summed E-state index contributed by atoms with van der Waals surface area (Å²) in [6.45, 7) is 5.21. The molecule has 0 saturated heterocycles. The maximum Gasteiger partial charge on any atom is 0.408 e. The fraction of sp³-hybridized carbons (Fsp3) is 0.368. The summed E-state index contributed by atoms with van der Waals surface area (Å²) in [6.07, 6.45) is 0.235. The van der Waals surface area contributed by atoms with E-state index in [0.717, 1.165) is 23.1 Å². The molecule has 1 amide bonds. The van der Waals surface area contributed by atoms with E-state index in [-0.39, 0.29) is 6.42 Å². The van der Waals surface area contributed by atoms with Crippen molar-refractivity contribution in [3.05, 3.63) is 57.8 Å². The van der Waals surface area contributed by atoms with Crippen LogP contribution in [-0.2, 0) is 22.4 Å². The fourth-order valence-electron chi connectivity index (χ4n) is 2.37. The van der Waals surface area contributed by atoms with E-state index in [1.54, 1.807) is 20.8 Å². The Bertz CT molecular complexity index is 719. The number of thiophene rings is 1. The first-order valence-corrected chi connectivity index (χ1v) is 8.99. The monoisotopic (exact) mass is 361 g/mol. The second-order valence-corrected chi connectivity index (χ2v) is 7.57. The van der Waals surface area contributed by atoms with Crippen molar-refractivity contribution in [1.82, 2.24) is 5.32 Å². The number of carbonyl (C=O) groups excluding carboxylic acids is 1. The van der Waals surface area contributed by atoms with Crippen LogP contribution in [0.2, 0.25) is 0 Å². The Morgan fingerprint density at radius 3 is 2.40 bits per heavy atom. The van der Waals surface area contributed by atoms with Crippen molar-refractivity contribution in [3.8, 4) is 0 Å². The van der Waals surface area contributed by atoms with E-state index >= 15 is 0 Å². The van der Waals surface area contributed by atoms with Crippen LogP contribution in [0.1, 0.15) is 37.5 Å². The third kappa shape index (κ3) is 6.23. The average molecular weight is 361 g/mol. The lowest BCUT2D eigenvalue weighted by molar-refractivity contribution is -0.139. The van der Waals surface area contributed by atoms with Crippen LogP contribution in [0, 0.1) is 0 Å². The minimum absolute atomic E-state index is 0.222. The summed E-state index contributed by atoms with van der Waals surface area (Å²) in [5.41, 5.74) is 2.49. The zero-order valence-electron chi connectivity index (χ0n) is 14.6. The Morgan fingerprint density at radius 2 is 1.80 bits per heavy atom. The third-order valence-electron chi connectivity index (χ3n) is 3.48. The lowest BCUT2D eigenvalue weighted by Crippen LogP contribution is -2.44. The summed E-state index contributed by atoms with van der Waals surface area (Å²) < 4.78 is 5.15. The molecule has 0 aliphatic carbocycles. The number of hydrogen-bond acceptors (Lipinski definition) is 4. The van der Waals surface area contributed by atoms with E-state index in [0.29, 0.717) is 0 Å². The van der Waals surface area contributed by atoms with E-state index in [2.05, 4.69) is 5.32 Å². The molecule has 0 fully saturated rings. The number of amides is 1. The predicted octanol–water partition coefficient (Wildman–Crippen LogP) is 3.86. The average Bonchev–Trinajstić information content (AvgIpc) is 2.92. The van der Waals surface area contributed by atoms with E-state index in [4.69, 9.17) is 4.74 Å². The van der Waals surface area contributed by atoms with Gasteiger partial charge in [0.05, 0.1) is 0 Å². The first-order chi connectivity index (χ1) is 11.7. The molecule has 25 heavy (non-hydrogen) atoms. The van der Waals surface area contributed by atoms with Gasteiger partial charge in [0.15, 0.2) is 0 Å². The van der Waals surface area contributed by atoms with Crippen LogP contribution in [-0.4, -0.2) is 28.8 Å². The maximum atomic E-state index is 11.9. The first-order valence-electron chi connectivity index (χ1n) is 8.05. The molecule has 1 atom stereocenters. The Morgan fingerprint density at radius 1 is 1.16 bits per heavy atom. The molecule has 1 heterocycles. The summed E-state index contributed by atoms with van der Waals surface area (Å²) in [6, 6.07) is 8.96. The quantitative estimate of drug-likeness (QED) is 0.819. The molecule has 5 nitrogen and oxygen atoms in total. The van der Waals surface area contributed by atoms with Gasteiger partial charge in [0.2, 0.25) is 0 Å². The standard InChI is InChI=1S/C19H23NO4S/c1-19(2,3)24-18(23)20-16(17(21)22)10-15-12-25-11-14(15)9-13-7-5-4-6-8-13/h4-8,11-12,16H,9-10H2,1-3H3,(H,20,23)(H,21,22). The van der Waals surface area contributed by atoms with Crippen molar-refractivity contribution in [3.63, 3.8) is 0 Å². The molecular weight excluding hydrogens is 338 g/mol. The molecule has 6 heteroatoms. The third-order valence-corrected chi connectivity index (χ3v) is 4.32. The number of rotatable bonds is 6. The molecule has 0 saturated carbocycles. The molecule has 2 aromatic rings. The van der Waals surface area contributed by atoms with Crippen molar-refractivity contribution >= 4 is 23.4 Å². The molecular formula is C19H23NO4S. The molecule has 2 N–H and O–H groups in total. The maximum absolute atomic E-state index is 11.9. The molecule has 0 aliphatic heterocycles. The lowest BCUT2D eigenvalue weighted by Gasteiger charge is -2.22. The minimum Gasteiger partial charge on any atom is -0.480 e. The normalized spacial score (nSPS) is 12.4. The van der Waals surface area contributed by atoms with Gasteiger partial charge in [-0.05, 0) is 54.6 Å². The highest BCUT2D eigenvalue weighted by Crippen LogP contribution is 2.21. The number of aliphatic carboxylic acids is 1. The molecule has 2 rings (SSSR count). The van der Waals surface area contributed by atoms with Crippen molar-refractivity contribution in [1.29, 1.82) is 0 Å². The first kappa shape index (κ1) is 19.0. The highest BCUT2D eigenvalue weighted by molar-refractivity contribution is 7.08. The van der Waals surface area contributed by atoms with Gasteiger partial charge in [-0.3, -0.25) is 0 Å². The van der Waals surface area contributed by atoms with Gasteiger partial charge >= 0.3 is 12.1 Å². The summed E-state index contributed by atoms with van der Waals surface area (Å²) >= 11 is 1.53. The van der Waals surface area contributed by atoms with Gasteiger partial charge in [-0.15, -0.1) is 0 Å². The Hall–Kier alpha value is -2.34. The fourth-order valence-corrected chi connectivity index (χ4v) is 3.25. The second-order valence-electron chi connectivity index (χ2n) is 6.83. The van der Waals surface area contributed by atoms with Crippen LogP contribution in [0.25, 0.3) is 0 Å². The zero-order valence-corrected chi connectivity index (χ0v) is 15.4. The molecule has 1 aromatic carbocycles. The number of carbonyl (C=O) groups is 2. The SMILES string of the molecule is CC(C)(C)OC(=O)NC(Cc1cscc1Cc1ccccc1)C(=O)O. The summed E-state index contributed by atoms with van der Waals surface area (Å²) in [7, 11) is 0. The van der Waals surface area contributed by atoms with Gasteiger partial charge in [0, 0.05) is 6.42 Å². The predicted molar refractivity (Wildman–Crippen MR) is 98.1 cm³/mol. The number of carboxylic acids is 1. The van der Waals surface area contributed by atoms with Crippen LogP contribution in [0.4, 0.5) is 4.79 Å². The number of alkyl carbamates (subject to hydrolysis) is 1. The van der Waals surface area contributed by atoms with E-state index in [1.165, 1.54) is 11.3 Å². The Labute approximate surface area is 151 Å². The Kier molecular flexibility index (Phi) is 6.20. The summed E-state index contributed by atoms with van der Waals surface area (Å²) in [4.78, 5) is 23.4. The minimum atomic E-state index is -1.08.